The van der Waals surface area contributed by atoms with E-state index in [1.165, 1.54) is 0 Å². The highest BCUT2D eigenvalue weighted by Gasteiger charge is 2.11. The van der Waals surface area contributed by atoms with Gasteiger partial charge in [-0.05, 0) is 37.1 Å². The van der Waals surface area contributed by atoms with E-state index in [4.69, 9.17) is 17.2 Å². The number of aliphatic imine (C=N–C) groups is 2. The Morgan fingerprint density at radius 3 is 2.24 bits per heavy atom. The molecule has 0 bridgehead atoms. The molecule has 0 radical (unpaired) electrons. The van der Waals surface area contributed by atoms with Crippen molar-refractivity contribution in [2.75, 3.05) is 5.43 Å². The highest BCUT2D eigenvalue weighted by Crippen LogP contribution is 2.20. The molecule has 0 heterocycles. The Bertz CT molecular complexity index is 818. The average Bonchev–Trinajstić information content (AvgIpc) is 2.54. The molecular formula is C17H21N7O. The number of carbonyl (C=O) groups is 1. The van der Waals surface area contributed by atoms with E-state index in [1.54, 1.807) is 24.3 Å². The van der Waals surface area contributed by atoms with Crippen molar-refractivity contribution in [1.82, 2.24) is 5.43 Å². The van der Waals surface area contributed by atoms with E-state index >= 15 is 0 Å². The Kier molecular flexibility index (Phi) is 5.57. The number of aryl methyl sites for hydroxylation is 2. The van der Waals surface area contributed by atoms with Crippen LogP contribution in [0.15, 0.2) is 52.4 Å². The summed E-state index contributed by atoms with van der Waals surface area (Å²) in [7, 11) is 0. The number of hydrazine groups is 1. The molecule has 0 saturated carbocycles. The molecule has 0 aliphatic carbocycles. The number of guanidine groups is 2. The summed E-state index contributed by atoms with van der Waals surface area (Å²) in [5.74, 6) is -0.706. The van der Waals surface area contributed by atoms with Crippen LogP contribution < -0.4 is 28.1 Å². The van der Waals surface area contributed by atoms with Crippen molar-refractivity contribution in [3.8, 4) is 0 Å². The van der Waals surface area contributed by atoms with Gasteiger partial charge in [-0.1, -0.05) is 30.3 Å². The minimum absolute atomic E-state index is 0.136. The van der Waals surface area contributed by atoms with Gasteiger partial charge in [-0.3, -0.25) is 15.6 Å². The SMILES string of the molecule is Cc1cccc(C)c1NNC(=O)c1ccccc1N=C(N)N=C(N)N. The van der Waals surface area contributed by atoms with Crippen molar-refractivity contribution in [3.05, 3.63) is 59.2 Å². The molecule has 25 heavy (non-hydrogen) atoms. The molecule has 2 rings (SSSR count). The molecule has 0 spiro atoms. The molecule has 0 aliphatic rings. The molecular weight excluding hydrogens is 318 g/mol. The van der Waals surface area contributed by atoms with Gasteiger partial charge in [-0.2, -0.15) is 4.99 Å². The van der Waals surface area contributed by atoms with Gasteiger partial charge in [0.05, 0.1) is 16.9 Å². The number of hydrogen-bond acceptors (Lipinski definition) is 3. The number of anilines is 1. The van der Waals surface area contributed by atoms with Gasteiger partial charge in [0.2, 0.25) is 5.96 Å². The summed E-state index contributed by atoms with van der Waals surface area (Å²) in [5, 5.41) is 0. The molecule has 8 heteroatoms. The Labute approximate surface area is 145 Å². The van der Waals surface area contributed by atoms with E-state index < -0.39 is 0 Å². The minimum atomic E-state index is -0.362. The summed E-state index contributed by atoms with van der Waals surface area (Å²) >= 11 is 0. The molecule has 2 aromatic carbocycles. The summed E-state index contributed by atoms with van der Waals surface area (Å²) in [6, 6.07) is 12.6. The maximum atomic E-state index is 12.5. The summed E-state index contributed by atoms with van der Waals surface area (Å²) in [6.07, 6.45) is 0. The molecule has 0 aliphatic heterocycles. The molecule has 0 saturated heterocycles. The third-order valence-corrected chi connectivity index (χ3v) is 3.41. The summed E-state index contributed by atoms with van der Waals surface area (Å²) < 4.78 is 0. The quantitative estimate of drug-likeness (QED) is 0.324. The zero-order valence-electron chi connectivity index (χ0n) is 14.1. The van der Waals surface area contributed by atoms with Gasteiger partial charge in [0.15, 0.2) is 5.96 Å². The van der Waals surface area contributed by atoms with Gasteiger partial charge < -0.3 is 17.2 Å². The lowest BCUT2D eigenvalue weighted by Crippen LogP contribution is -2.30. The van der Waals surface area contributed by atoms with Crippen molar-refractivity contribution in [3.63, 3.8) is 0 Å². The van der Waals surface area contributed by atoms with Gasteiger partial charge >= 0.3 is 0 Å². The highest BCUT2D eigenvalue weighted by molar-refractivity contribution is 6.01. The van der Waals surface area contributed by atoms with Crippen molar-refractivity contribution < 1.29 is 4.79 Å². The maximum Gasteiger partial charge on any atom is 0.271 e. The second kappa shape index (κ2) is 7.82. The van der Waals surface area contributed by atoms with Crippen LogP contribution in [-0.2, 0) is 0 Å². The largest absolute Gasteiger partial charge is 0.370 e. The normalized spacial score (nSPS) is 10.9. The van der Waals surface area contributed by atoms with Crippen LogP contribution in [0.2, 0.25) is 0 Å². The van der Waals surface area contributed by atoms with Gasteiger partial charge in [0.25, 0.3) is 5.91 Å². The number of benzene rings is 2. The van der Waals surface area contributed by atoms with Crippen LogP contribution in [0.1, 0.15) is 21.5 Å². The Balaban J connectivity index is 2.22. The zero-order valence-corrected chi connectivity index (χ0v) is 14.1. The maximum absolute atomic E-state index is 12.5. The first-order valence-corrected chi connectivity index (χ1v) is 7.54. The van der Waals surface area contributed by atoms with E-state index in [1.807, 2.05) is 32.0 Å². The molecule has 1 amide bonds. The fourth-order valence-corrected chi connectivity index (χ4v) is 2.24. The molecule has 0 atom stereocenters. The summed E-state index contributed by atoms with van der Waals surface area (Å²) in [4.78, 5) is 20.2. The number of nitrogens with two attached hydrogens (primary N) is 3. The van der Waals surface area contributed by atoms with Crippen molar-refractivity contribution in [1.29, 1.82) is 0 Å². The summed E-state index contributed by atoms with van der Waals surface area (Å²) in [5.41, 5.74) is 25.3. The highest BCUT2D eigenvalue weighted by atomic mass is 16.2. The molecule has 8 N–H and O–H groups in total. The van der Waals surface area contributed by atoms with E-state index in [2.05, 4.69) is 20.8 Å². The predicted molar refractivity (Wildman–Crippen MR) is 101 cm³/mol. The third kappa shape index (κ3) is 4.71. The van der Waals surface area contributed by atoms with Gasteiger partial charge in [0.1, 0.15) is 0 Å². The lowest BCUT2D eigenvalue weighted by molar-refractivity contribution is 0.0963. The molecule has 130 valence electrons. The minimum Gasteiger partial charge on any atom is -0.370 e. The first-order valence-electron chi connectivity index (χ1n) is 7.54. The Morgan fingerprint density at radius 2 is 1.60 bits per heavy atom. The standard InChI is InChI=1S/C17H21N7O/c1-10-6-5-7-11(2)14(10)23-24-15(25)12-8-3-4-9-13(12)21-17(20)22-16(18)19/h3-9,23H,1-2H3,(H,24,25)(H6,18,19,20,21,22). The van der Waals surface area contributed by atoms with Crippen LogP contribution in [-0.4, -0.2) is 17.8 Å². The van der Waals surface area contributed by atoms with Crippen LogP contribution in [0, 0.1) is 13.8 Å². The van der Waals surface area contributed by atoms with E-state index in [0.29, 0.717) is 11.3 Å². The van der Waals surface area contributed by atoms with E-state index in [0.717, 1.165) is 16.8 Å². The average molecular weight is 339 g/mol. The molecule has 0 unspecified atom stereocenters. The van der Waals surface area contributed by atoms with Crippen molar-refractivity contribution in [2.24, 2.45) is 27.2 Å². The topological polar surface area (TPSA) is 144 Å². The molecule has 0 fully saturated rings. The number of amides is 1. The number of para-hydroxylation sites is 2. The fourth-order valence-electron chi connectivity index (χ4n) is 2.24. The van der Waals surface area contributed by atoms with Crippen LogP contribution in [0.4, 0.5) is 11.4 Å². The first kappa shape index (κ1) is 17.8. The second-order valence-corrected chi connectivity index (χ2v) is 5.37. The number of nitrogens with one attached hydrogen (secondary N) is 2. The Hall–Kier alpha value is -3.55. The lowest BCUT2D eigenvalue weighted by atomic mass is 10.1. The van der Waals surface area contributed by atoms with Gasteiger partial charge in [0, 0.05) is 0 Å². The van der Waals surface area contributed by atoms with E-state index in [-0.39, 0.29) is 17.8 Å². The zero-order chi connectivity index (χ0) is 18.4. The van der Waals surface area contributed by atoms with Crippen molar-refractivity contribution in [2.45, 2.75) is 13.8 Å². The molecule has 2 aromatic rings. The third-order valence-electron chi connectivity index (χ3n) is 3.41. The fraction of sp³-hybridized carbons (Fsp3) is 0.118. The van der Waals surface area contributed by atoms with E-state index in [9.17, 15) is 4.79 Å². The number of carbonyl (C=O) groups excluding carboxylic acids is 1. The van der Waals surface area contributed by atoms with Crippen LogP contribution in [0.3, 0.4) is 0 Å². The number of hydrogen-bond donors (Lipinski definition) is 5. The van der Waals surface area contributed by atoms with Crippen molar-refractivity contribution >= 4 is 29.2 Å². The number of nitrogens with zero attached hydrogens (tertiary/aromatic N) is 2. The Morgan fingerprint density at radius 1 is 0.960 bits per heavy atom. The monoisotopic (exact) mass is 339 g/mol. The predicted octanol–water partition coefficient (Wildman–Crippen LogP) is 1.28. The lowest BCUT2D eigenvalue weighted by Gasteiger charge is -2.14. The van der Waals surface area contributed by atoms with Crippen LogP contribution in [0.5, 0.6) is 0 Å². The summed E-state index contributed by atoms with van der Waals surface area (Å²) in [6.45, 7) is 3.91. The van der Waals surface area contributed by atoms with Crippen LogP contribution in [0.25, 0.3) is 0 Å². The second-order valence-electron chi connectivity index (χ2n) is 5.37. The smallest absolute Gasteiger partial charge is 0.271 e. The molecule has 0 aromatic heterocycles. The van der Waals surface area contributed by atoms with Gasteiger partial charge in [-0.15, -0.1) is 0 Å². The first-order chi connectivity index (χ1) is 11.9. The van der Waals surface area contributed by atoms with Gasteiger partial charge in [-0.25, -0.2) is 4.99 Å². The molecule has 8 nitrogen and oxygen atoms in total. The van der Waals surface area contributed by atoms with Crippen LogP contribution >= 0.6 is 0 Å². The number of rotatable bonds is 4.